The van der Waals surface area contributed by atoms with Gasteiger partial charge in [-0.1, -0.05) is 12.1 Å². The van der Waals surface area contributed by atoms with Crippen LogP contribution in [0.25, 0.3) is 0 Å². The van der Waals surface area contributed by atoms with Crippen LogP contribution < -0.4 is 4.52 Å². The second-order valence-corrected chi connectivity index (χ2v) is 5.44. The molecule has 1 aliphatic heterocycles. The fourth-order valence-corrected chi connectivity index (χ4v) is 2.91. The maximum absolute atomic E-state index is 11.8. The Kier molecular flexibility index (Phi) is 4.67. The Bertz CT molecular complexity index is 506. The van der Waals surface area contributed by atoms with Crippen molar-refractivity contribution < 1.29 is 32.8 Å². The van der Waals surface area contributed by atoms with Crippen LogP contribution in [0.2, 0.25) is 0 Å². The number of carbonyl (C=O) groups excluding carboxylic acids is 2. The molecule has 0 bridgehead atoms. The van der Waals surface area contributed by atoms with Gasteiger partial charge in [0.05, 0.1) is 6.61 Å². The number of hydrogen-bond acceptors (Lipinski definition) is 7. The van der Waals surface area contributed by atoms with Crippen LogP contribution in [0.3, 0.4) is 0 Å². The van der Waals surface area contributed by atoms with Crippen molar-refractivity contribution in [1.82, 2.24) is 0 Å². The summed E-state index contributed by atoms with van der Waals surface area (Å²) in [6.07, 6.45) is -0.360. The number of esters is 1. The second-order valence-electron chi connectivity index (χ2n) is 3.85. The Balaban J connectivity index is 2.17. The quantitative estimate of drug-likeness (QED) is 0.501. The lowest BCUT2D eigenvalue weighted by atomic mass is 10.2. The summed E-state index contributed by atoms with van der Waals surface area (Å²) in [4.78, 5) is 32.4. The fourth-order valence-electron chi connectivity index (χ4n) is 1.56. The first kappa shape index (κ1) is 14.9. The molecule has 0 aromatic heterocycles. The largest absolute Gasteiger partial charge is 0.620 e. The van der Waals surface area contributed by atoms with Crippen LogP contribution in [0.5, 0.6) is 5.75 Å². The molecule has 0 saturated carbocycles. The summed E-state index contributed by atoms with van der Waals surface area (Å²) < 4.78 is 20.1. The highest BCUT2D eigenvalue weighted by atomic mass is 31.2. The summed E-state index contributed by atoms with van der Waals surface area (Å²) in [7, 11) is -3.64. The molecule has 1 heterocycles. The molecular formula is C12H14O7P+. The van der Waals surface area contributed by atoms with Crippen molar-refractivity contribution in [1.29, 1.82) is 0 Å². The van der Waals surface area contributed by atoms with E-state index in [2.05, 4.69) is 0 Å². The number of ether oxygens (including phenoxy) is 1. The van der Waals surface area contributed by atoms with Crippen LogP contribution in [-0.4, -0.2) is 36.5 Å². The molecule has 1 saturated heterocycles. The van der Waals surface area contributed by atoms with Gasteiger partial charge in [0.2, 0.25) is 0 Å². The molecule has 0 amide bonds. The van der Waals surface area contributed by atoms with Crippen molar-refractivity contribution in [2.75, 3.05) is 13.2 Å². The average Bonchev–Trinajstić information content (AvgIpc) is 2.81. The van der Waals surface area contributed by atoms with Crippen molar-refractivity contribution in [3.63, 3.8) is 0 Å². The number of aldehydes is 1. The molecule has 20 heavy (non-hydrogen) atoms. The molecule has 2 atom stereocenters. The van der Waals surface area contributed by atoms with Gasteiger partial charge in [-0.15, -0.1) is 9.05 Å². The van der Waals surface area contributed by atoms with E-state index in [1.54, 1.807) is 19.1 Å². The van der Waals surface area contributed by atoms with Gasteiger partial charge in [0.25, 0.3) is 0 Å². The molecule has 0 aliphatic carbocycles. The average molecular weight is 301 g/mol. The lowest BCUT2D eigenvalue weighted by Crippen LogP contribution is -2.11. The van der Waals surface area contributed by atoms with Crippen molar-refractivity contribution in [2.45, 2.75) is 13.0 Å². The molecule has 2 rings (SSSR count). The summed E-state index contributed by atoms with van der Waals surface area (Å²) in [5.41, 5.74) is 0.143. The molecule has 1 aromatic carbocycles. The summed E-state index contributed by atoms with van der Waals surface area (Å²) >= 11 is 0. The van der Waals surface area contributed by atoms with Crippen molar-refractivity contribution in [3.05, 3.63) is 29.8 Å². The molecule has 2 unspecified atom stereocenters. The summed E-state index contributed by atoms with van der Waals surface area (Å²) in [6.45, 7) is 1.81. The predicted molar refractivity (Wildman–Crippen MR) is 69.1 cm³/mol. The van der Waals surface area contributed by atoms with Gasteiger partial charge in [-0.05, 0) is 19.1 Å². The van der Waals surface area contributed by atoms with Crippen LogP contribution in [0.15, 0.2) is 24.3 Å². The van der Waals surface area contributed by atoms with E-state index < -0.39 is 20.2 Å². The van der Waals surface area contributed by atoms with Gasteiger partial charge in [0.1, 0.15) is 12.2 Å². The molecule has 1 fully saturated rings. The van der Waals surface area contributed by atoms with Crippen LogP contribution in [-0.2, 0) is 18.6 Å². The first-order chi connectivity index (χ1) is 9.58. The minimum Gasteiger partial charge on any atom is -0.462 e. The molecule has 1 aromatic rings. The molecule has 0 radical (unpaired) electrons. The van der Waals surface area contributed by atoms with E-state index in [-0.39, 0.29) is 24.5 Å². The van der Waals surface area contributed by atoms with Gasteiger partial charge >= 0.3 is 14.1 Å². The van der Waals surface area contributed by atoms with Crippen LogP contribution in [0, 0.1) is 0 Å². The van der Waals surface area contributed by atoms with E-state index in [1.165, 1.54) is 12.1 Å². The van der Waals surface area contributed by atoms with Crippen LogP contribution >= 0.6 is 8.17 Å². The highest BCUT2D eigenvalue weighted by molar-refractivity contribution is 7.56. The Morgan fingerprint density at radius 3 is 2.95 bits per heavy atom. The number of carbonyl (C=O) groups is 2. The fraction of sp³-hybridized carbons (Fsp3) is 0.333. The number of rotatable bonds is 5. The topological polar surface area (TPSA) is 91.3 Å². The standard InChI is InChI=1S/C12H14O7P/c1-2-16-12(14)10-5-3-4-6-11(10)19-20(15)17-8-9(7-13)18-20/h3-7,9,15H,2,8H2,1H3/q+1. The smallest absolute Gasteiger partial charge is 0.462 e. The van der Waals surface area contributed by atoms with Gasteiger partial charge < -0.3 is 9.53 Å². The Hall–Kier alpha value is -1.53. The molecule has 108 valence electrons. The lowest BCUT2D eigenvalue weighted by Gasteiger charge is -2.11. The Morgan fingerprint density at radius 1 is 1.55 bits per heavy atom. The van der Waals surface area contributed by atoms with Crippen LogP contribution in [0.1, 0.15) is 17.3 Å². The van der Waals surface area contributed by atoms with E-state index in [0.717, 1.165) is 0 Å². The predicted octanol–water partition coefficient (Wildman–Crippen LogP) is 1.53. The number of benzene rings is 1. The third kappa shape index (κ3) is 3.32. The lowest BCUT2D eigenvalue weighted by molar-refractivity contribution is -0.113. The molecule has 8 heteroatoms. The zero-order valence-corrected chi connectivity index (χ0v) is 11.6. The monoisotopic (exact) mass is 301 g/mol. The van der Waals surface area contributed by atoms with Gasteiger partial charge in [0, 0.05) is 0 Å². The minimum absolute atomic E-state index is 0.0772. The number of hydrogen-bond donors (Lipinski definition) is 1. The zero-order valence-electron chi connectivity index (χ0n) is 10.7. The maximum Gasteiger partial charge on any atom is 0.620 e. The van der Waals surface area contributed by atoms with Gasteiger partial charge in [-0.3, -0.25) is 4.52 Å². The Morgan fingerprint density at radius 2 is 2.30 bits per heavy atom. The van der Waals surface area contributed by atoms with E-state index in [9.17, 15) is 14.5 Å². The van der Waals surface area contributed by atoms with Gasteiger partial charge in [-0.2, -0.15) is 4.89 Å². The highest BCUT2D eigenvalue weighted by Gasteiger charge is 2.56. The van der Waals surface area contributed by atoms with E-state index in [4.69, 9.17) is 18.3 Å². The first-order valence-electron chi connectivity index (χ1n) is 5.93. The van der Waals surface area contributed by atoms with Crippen molar-refractivity contribution in [3.8, 4) is 5.75 Å². The highest BCUT2D eigenvalue weighted by Crippen LogP contribution is 2.62. The van der Waals surface area contributed by atoms with E-state index >= 15 is 0 Å². The van der Waals surface area contributed by atoms with Crippen molar-refractivity contribution in [2.24, 2.45) is 0 Å². The van der Waals surface area contributed by atoms with E-state index in [0.29, 0.717) is 6.29 Å². The second kappa shape index (κ2) is 6.28. The normalized spacial score (nSPS) is 25.2. The number of para-hydroxylation sites is 1. The summed E-state index contributed by atoms with van der Waals surface area (Å²) in [6, 6.07) is 6.22. The Labute approximate surface area is 116 Å². The summed E-state index contributed by atoms with van der Waals surface area (Å²) in [5, 5.41) is 0. The zero-order chi connectivity index (χ0) is 14.6. The molecule has 1 aliphatic rings. The molecular weight excluding hydrogens is 287 g/mol. The summed E-state index contributed by atoms with van der Waals surface area (Å²) in [5.74, 6) is -0.505. The van der Waals surface area contributed by atoms with E-state index in [1.807, 2.05) is 0 Å². The third-order valence-corrected chi connectivity index (χ3v) is 3.86. The molecule has 1 N–H and O–H groups in total. The van der Waals surface area contributed by atoms with Crippen LogP contribution in [0.4, 0.5) is 0 Å². The van der Waals surface area contributed by atoms with Gasteiger partial charge in [-0.25, -0.2) is 4.79 Å². The maximum atomic E-state index is 11.8. The minimum atomic E-state index is -3.64. The van der Waals surface area contributed by atoms with Gasteiger partial charge in [0.15, 0.2) is 18.1 Å². The molecule has 0 spiro atoms. The SMILES string of the molecule is CCOC(=O)c1ccccc1O[P+]1(O)OCC(C=O)O1. The third-order valence-electron chi connectivity index (χ3n) is 2.42. The van der Waals surface area contributed by atoms with Crippen molar-refractivity contribution >= 4 is 20.4 Å². The molecule has 7 nitrogen and oxygen atoms in total. The first-order valence-corrected chi connectivity index (χ1v) is 7.43.